The number of amides is 2. The minimum atomic E-state index is -0.844. The summed E-state index contributed by atoms with van der Waals surface area (Å²) < 4.78 is 4.96. The predicted molar refractivity (Wildman–Crippen MR) is 85.9 cm³/mol. The van der Waals surface area contributed by atoms with Crippen LogP contribution in [0, 0.1) is 13.8 Å². The molecule has 1 N–H and O–H groups in total. The molecule has 1 aliphatic rings. The maximum atomic E-state index is 12.6. The number of nitrogens with one attached hydrogen (secondary N) is 1. The molecule has 1 saturated heterocycles. The van der Waals surface area contributed by atoms with Gasteiger partial charge < -0.3 is 10.1 Å². The quantitative estimate of drug-likeness (QED) is 0.846. The highest BCUT2D eigenvalue weighted by atomic mass is 16.5. The van der Waals surface area contributed by atoms with Gasteiger partial charge in [-0.25, -0.2) is 0 Å². The van der Waals surface area contributed by atoms with E-state index in [2.05, 4.69) is 5.32 Å². The normalized spacial score (nSPS) is 21.3. The Hall–Kier alpha value is -1.88. The lowest BCUT2D eigenvalue weighted by molar-refractivity contribution is -0.127. The topological polar surface area (TPSA) is 58.6 Å². The highest BCUT2D eigenvalue weighted by Gasteiger charge is 2.48. The van der Waals surface area contributed by atoms with Crippen LogP contribution in [0.3, 0.4) is 0 Å². The van der Waals surface area contributed by atoms with Crippen LogP contribution in [0.2, 0.25) is 0 Å². The molecule has 120 valence electrons. The minimum absolute atomic E-state index is 0.00177. The Balaban J connectivity index is 2.32. The summed E-state index contributed by atoms with van der Waals surface area (Å²) in [4.78, 5) is 26.7. The van der Waals surface area contributed by atoms with Gasteiger partial charge in [0.25, 0.3) is 0 Å². The molecule has 22 heavy (non-hydrogen) atoms. The molecule has 1 aromatic carbocycles. The van der Waals surface area contributed by atoms with Crippen molar-refractivity contribution in [1.82, 2.24) is 5.32 Å². The van der Waals surface area contributed by atoms with E-state index in [9.17, 15) is 9.59 Å². The van der Waals surface area contributed by atoms with E-state index in [0.29, 0.717) is 26.0 Å². The van der Waals surface area contributed by atoms with Crippen LogP contribution < -0.4 is 10.2 Å². The molecule has 0 aromatic heterocycles. The van der Waals surface area contributed by atoms with Crippen LogP contribution in [-0.4, -0.2) is 37.6 Å². The van der Waals surface area contributed by atoms with Crippen molar-refractivity contribution in [3.8, 4) is 0 Å². The highest BCUT2D eigenvalue weighted by molar-refractivity contribution is 6.07. The maximum Gasteiger partial charge on any atom is 0.246 e. The van der Waals surface area contributed by atoms with Gasteiger partial charge in [0, 0.05) is 25.8 Å². The van der Waals surface area contributed by atoms with Crippen LogP contribution in [0.15, 0.2) is 18.2 Å². The maximum absolute atomic E-state index is 12.6. The number of ether oxygens (including phenoxy) is 1. The molecule has 1 atom stereocenters. The molecule has 0 aliphatic carbocycles. The number of nitrogens with zero attached hydrogens (tertiary/aromatic N) is 1. The van der Waals surface area contributed by atoms with Gasteiger partial charge >= 0.3 is 0 Å². The molecule has 0 saturated carbocycles. The number of aryl methyl sites for hydroxylation is 2. The number of hydrogen-bond donors (Lipinski definition) is 1. The lowest BCUT2D eigenvalue weighted by Gasteiger charge is -2.35. The third-order valence-corrected chi connectivity index (χ3v) is 4.26. The molecular formula is C17H24N2O3. The van der Waals surface area contributed by atoms with E-state index in [0.717, 1.165) is 16.8 Å². The second-order valence-corrected chi connectivity index (χ2v) is 6.04. The molecule has 5 nitrogen and oxygen atoms in total. The third-order valence-electron chi connectivity index (χ3n) is 4.26. The summed E-state index contributed by atoms with van der Waals surface area (Å²) in [5.74, 6) is -0.130. The molecule has 1 aliphatic heterocycles. The molecule has 1 heterocycles. The van der Waals surface area contributed by atoms with Crippen molar-refractivity contribution in [2.75, 3.05) is 25.2 Å². The van der Waals surface area contributed by atoms with E-state index < -0.39 is 5.54 Å². The van der Waals surface area contributed by atoms with Crippen molar-refractivity contribution in [1.29, 1.82) is 0 Å². The van der Waals surface area contributed by atoms with Crippen molar-refractivity contribution in [3.63, 3.8) is 0 Å². The molecule has 1 aromatic rings. The fourth-order valence-electron chi connectivity index (χ4n) is 2.88. The first-order valence-corrected chi connectivity index (χ1v) is 7.57. The fourth-order valence-corrected chi connectivity index (χ4v) is 2.88. The number of methoxy groups -OCH3 is 1. The first-order chi connectivity index (χ1) is 10.4. The van der Waals surface area contributed by atoms with Gasteiger partial charge in [0.15, 0.2) is 0 Å². The summed E-state index contributed by atoms with van der Waals surface area (Å²) in [6, 6.07) is 5.97. The monoisotopic (exact) mass is 304 g/mol. The van der Waals surface area contributed by atoms with Gasteiger partial charge in [-0.15, -0.1) is 0 Å². The van der Waals surface area contributed by atoms with Crippen molar-refractivity contribution in [2.45, 2.75) is 39.2 Å². The molecule has 2 rings (SSSR count). The number of carbonyl (C=O) groups excluding carboxylic acids is 2. The SMILES string of the molecule is COCCNC(=O)[C@]1(C)CCC(=O)N1c1cc(C)ccc1C. The predicted octanol–water partition coefficient (Wildman–Crippen LogP) is 1.95. The van der Waals surface area contributed by atoms with Gasteiger partial charge in [-0.1, -0.05) is 12.1 Å². The Morgan fingerprint density at radius 1 is 1.41 bits per heavy atom. The van der Waals surface area contributed by atoms with Crippen LogP contribution in [0.4, 0.5) is 5.69 Å². The molecular weight excluding hydrogens is 280 g/mol. The second kappa shape index (κ2) is 6.48. The van der Waals surface area contributed by atoms with Gasteiger partial charge in [0.1, 0.15) is 5.54 Å². The molecule has 1 fully saturated rings. The number of rotatable bonds is 5. The summed E-state index contributed by atoms with van der Waals surface area (Å²) in [7, 11) is 1.59. The number of hydrogen-bond acceptors (Lipinski definition) is 3. The molecule has 0 radical (unpaired) electrons. The largest absolute Gasteiger partial charge is 0.383 e. The smallest absolute Gasteiger partial charge is 0.246 e. The van der Waals surface area contributed by atoms with Crippen LogP contribution in [0.5, 0.6) is 0 Å². The Bertz CT molecular complexity index is 585. The zero-order valence-electron chi connectivity index (χ0n) is 13.7. The Kier molecular flexibility index (Phi) is 4.86. The number of carbonyl (C=O) groups is 2. The summed E-state index contributed by atoms with van der Waals surface area (Å²) in [5, 5.41) is 2.86. The average molecular weight is 304 g/mol. The zero-order valence-corrected chi connectivity index (χ0v) is 13.7. The van der Waals surface area contributed by atoms with E-state index >= 15 is 0 Å². The first-order valence-electron chi connectivity index (χ1n) is 7.57. The number of anilines is 1. The van der Waals surface area contributed by atoms with E-state index in [1.165, 1.54) is 0 Å². The van der Waals surface area contributed by atoms with Gasteiger partial charge in [0.2, 0.25) is 11.8 Å². The lowest BCUT2D eigenvalue weighted by atomic mass is 9.96. The van der Waals surface area contributed by atoms with Crippen LogP contribution in [0.1, 0.15) is 30.9 Å². The van der Waals surface area contributed by atoms with E-state index in [1.54, 1.807) is 12.0 Å². The standard InChI is InChI=1S/C17H24N2O3/c1-12-5-6-13(2)14(11-12)19-15(20)7-8-17(19,3)16(21)18-9-10-22-4/h5-6,11H,7-10H2,1-4H3,(H,18,21)/t17-/m0/s1. The van der Waals surface area contributed by atoms with E-state index in [4.69, 9.17) is 4.74 Å². The summed E-state index contributed by atoms with van der Waals surface area (Å²) in [6.45, 7) is 6.68. The summed E-state index contributed by atoms with van der Waals surface area (Å²) in [5.41, 5.74) is 2.05. The van der Waals surface area contributed by atoms with Crippen LogP contribution >= 0.6 is 0 Å². The highest BCUT2D eigenvalue weighted by Crippen LogP contribution is 2.37. The molecule has 2 amide bonds. The lowest BCUT2D eigenvalue weighted by Crippen LogP contribution is -2.55. The van der Waals surface area contributed by atoms with Crippen molar-refractivity contribution in [3.05, 3.63) is 29.3 Å². The van der Waals surface area contributed by atoms with Gasteiger partial charge in [-0.05, 0) is 44.4 Å². The first kappa shape index (κ1) is 16.5. The zero-order chi connectivity index (χ0) is 16.3. The second-order valence-electron chi connectivity index (χ2n) is 6.04. The third kappa shape index (κ3) is 2.99. The fraction of sp³-hybridized carbons (Fsp3) is 0.529. The Labute approximate surface area is 131 Å². The Morgan fingerprint density at radius 3 is 2.82 bits per heavy atom. The van der Waals surface area contributed by atoms with Gasteiger partial charge in [-0.3, -0.25) is 14.5 Å². The van der Waals surface area contributed by atoms with Gasteiger partial charge in [0.05, 0.1) is 6.61 Å². The number of benzene rings is 1. The van der Waals surface area contributed by atoms with E-state index in [1.807, 2.05) is 39.0 Å². The van der Waals surface area contributed by atoms with E-state index in [-0.39, 0.29) is 11.8 Å². The minimum Gasteiger partial charge on any atom is -0.383 e. The summed E-state index contributed by atoms with van der Waals surface area (Å²) >= 11 is 0. The molecule has 0 unspecified atom stereocenters. The van der Waals surface area contributed by atoms with Crippen LogP contribution in [-0.2, 0) is 14.3 Å². The van der Waals surface area contributed by atoms with Crippen molar-refractivity contribution >= 4 is 17.5 Å². The molecule has 5 heteroatoms. The van der Waals surface area contributed by atoms with Crippen molar-refractivity contribution in [2.24, 2.45) is 0 Å². The Morgan fingerprint density at radius 2 is 2.14 bits per heavy atom. The van der Waals surface area contributed by atoms with Gasteiger partial charge in [-0.2, -0.15) is 0 Å². The average Bonchev–Trinajstić information content (AvgIpc) is 2.79. The molecule has 0 spiro atoms. The molecule has 0 bridgehead atoms. The van der Waals surface area contributed by atoms with Crippen molar-refractivity contribution < 1.29 is 14.3 Å². The van der Waals surface area contributed by atoms with Crippen LogP contribution in [0.25, 0.3) is 0 Å². The summed E-state index contributed by atoms with van der Waals surface area (Å²) in [6.07, 6.45) is 0.916.